The first-order chi connectivity index (χ1) is 7.05. The molecule has 1 aliphatic heterocycles. The molecule has 0 bridgehead atoms. The topological polar surface area (TPSA) is 50.8 Å². The van der Waals surface area contributed by atoms with Crippen LogP contribution in [0.4, 0.5) is 0 Å². The van der Waals surface area contributed by atoms with Gasteiger partial charge in [0.1, 0.15) is 0 Å². The van der Waals surface area contributed by atoms with Crippen LogP contribution in [0.15, 0.2) is 4.99 Å². The van der Waals surface area contributed by atoms with Crippen LogP contribution >= 0.6 is 35.7 Å². The molecule has 6 heteroatoms. The van der Waals surface area contributed by atoms with Gasteiger partial charge in [-0.1, -0.05) is 0 Å². The molecule has 4 nitrogen and oxygen atoms in total. The number of hydrogen-bond acceptors (Lipinski definition) is 3. The average Bonchev–Trinajstić information content (AvgIpc) is 2.27. The minimum Gasteiger partial charge on any atom is -0.378 e. The molecule has 1 fully saturated rings. The van der Waals surface area contributed by atoms with Gasteiger partial charge in [-0.15, -0.1) is 24.0 Å². The molecule has 0 unspecified atom stereocenters. The zero-order chi connectivity index (χ0) is 11.3. The highest BCUT2D eigenvalue weighted by Crippen LogP contribution is 2.21. The summed E-state index contributed by atoms with van der Waals surface area (Å²) in [7, 11) is 0. The van der Waals surface area contributed by atoms with Crippen LogP contribution in [0, 0.1) is 0 Å². The van der Waals surface area contributed by atoms with Crippen LogP contribution in [-0.4, -0.2) is 54.7 Å². The molecule has 1 saturated heterocycles. The SMILES string of the molecule is CSC(C)(C)CN=C(N)N1CCOCC1.I. The van der Waals surface area contributed by atoms with Crippen molar-refractivity contribution < 1.29 is 4.74 Å². The second-order valence-corrected chi connectivity index (χ2v) is 5.75. The lowest BCUT2D eigenvalue weighted by Gasteiger charge is -2.28. The molecule has 0 aromatic heterocycles. The summed E-state index contributed by atoms with van der Waals surface area (Å²) in [5.74, 6) is 0.653. The van der Waals surface area contributed by atoms with E-state index in [-0.39, 0.29) is 28.7 Å². The van der Waals surface area contributed by atoms with Crippen molar-refractivity contribution in [3.8, 4) is 0 Å². The largest absolute Gasteiger partial charge is 0.378 e. The number of morpholine rings is 1. The average molecular weight is 359 g/mol. The third-order valence-electron chi connectivity index (χ3n) is 2.51. The van der Waals surface area contributed by atoms with Gasteiger partial charge in [0.2, 0.25) is 0 Å². The zero-order valence-electron chi connectivity index (χ0n) is 10.2. The normalized spacial score (nSPS) is 18.2. The molecule has 0 saturated carbocycles. The molecule has 0 aromatic rings. The van der Waals surface area contributed by atoms with Crippen LogP contribution in [0.5, 0.6) is 0 Å². The maximum atomic E-state index is 5.92. The van der Waals surface area contributed by atoms with Crippen molar-refractivity contribution in [2.75, 3.05) is 39.1 Å². The van der Waals surface area contributed by atoms with Crippen molar-refractivity contribution in [3.05, 3.63) is 0 Å². The second kappa shape index (κ2) is 7.60. The van der Waals surface area contributed by atoms with Crippen molar-refractivity contribution in [1.82, 2.24) is 4.90 Å². The van der Waals surface area contributed by atoms with Gasteiger partial charge in [-0.2, -0.15) is 11.8 Å². The van der Waals surface area contributed by atoms with Crippen LogP contribution in [0.25, 0.3) is 0 Å². The number of thioether (sulfide) groups is 1. The van der Waals surface area contributed by atoms with E-state index in [1.165, 1.54) is 0 Å². The Balaban J connectivity index is 0.00000225. The molecule has 16 heavy (non-hydrogen) atoms. The van der Waals surface area contributed by atoms with Gasteiger partial charge < -0.3 is 15.4 Å². The van der Waals surface area contributed by atoms with Gasteiger partial charge in [-0.05, 0) is 20.1 Å². The Morgan fingerprint density at radius 2 is 2.00 bits per heavy atom. The van der Waals surface area contributed by atoms with Gasteiger partial charge in [0, 0.05) is 17.8 Å². The summed E-state index contributed by atoms with van der Waals surface area (Å²) >= 11 is 1.81. The van der Waals surface area contributed by atoms with E-state index in [1.807, 2.05) is 11.8 Å². The lowest BCUT2D eigenvalue weighted by Crippen LogP contribution is -2.45. The molecule has 0 aromatic carbocycles. The van der Waals surface area contributed by atoms with Crippen molar-refractivity contribution in [1.29, 1.82) is 0 Å². The smallest absolute Gasteiger partial charge is 0.191 e. The van der Waals surface area contributed by atoms with Crippen molar-refractivity contribution >= 4 is 41.7 Å². The third kappa shape index (κ3) is 5.58. The fourth-order valence-electron chi connectivity index (χ4n) is 1.23. The number of ether oxygens (including phenoxy) is 1. The minimum absolute atomic E-state index is 0. The minimum atomic E-state index is 0. The Bertz CT molecular complexity index is 230. The van der Waals surface area contributed by atoms with Gasteiger partial charge in [0.25, 0.3) is 0 Å². The maximum Gasteiger partial charge on any atom is 0.191 e. The molecule has 2 N–H and O–H groups in total. The molecule has 96 valence electrons. The first kappa shape index (κ1) is 16.3. The zero-order valence-corrected chi connectivity index (χ0v) is 13.4. The van der Waals surface area contributed by atoms with E-state index in [1.54, 1.807) is 0 Å². The molecular weight excluding hydrogens is 337 g/mol. The van der Waals surface area contributed by atoms with Gasteiger partial charge in [0.15, 0.2) is 5.96 Å². The van der Waals surface area contributed by atoms with E-state index in [4.69, 9.17) is 10.5 Å². The molecule has 1 heterocycles. The maximum absolute atomic E-state index is 5.92. The third-order valence-corrected chi connectivity index (χ3v) is 3.74. The van der Waals surface area contributed by atoms with Crippen LogP contribution in [0.3, 0.4) is 0 Å². The van der Waals surface area contributed by atoms with E-state index in [0.29, 0.717) is 5.96 Å². The lowest BCUT2D eigenvalue weighted by atomic mass is 10.2. The Morgan fingerprint density at radius 3 is 2.50 bits per heavy atom. The van der Waals surface area contributed by atoms with Crippen LogP contribution < -0.4 is 5.73 Å². The first-order valence-electron chi connectivity index (χ1n) is 5.23. The van der Waals surface area contributed by atoms with Crippen LogP contribution in [0.2, 0.25) is 0 Å². The standard InChI is InChI=1S/C10H21N3OS.HI/c1-10(2,15-3)8-12-9(11)13-4-6-14-7-5-13;/h4-8H2,1-3H3,(H2,11,12);1H. The summed E-state index contributed by atoms with van der Waals surface area (Å²) in [6.07, 6.45) is 2.10. The quantitative estimate of drug-likeness (QED) is 0.470. The summed E-state index contributed by atoms with van der Waals surface area (Å²) in [4.78, 5) is 6.52. The fourth-order valence-corrected chi connectivity index (χ4v) is 1.42. The number of nitrogens with zero attached hydrogens (tertiary/aromatic N) is 2. The number of hydrogen-bond donors (Lipinski definition) is 1. The predicted octanol–water partition coefficient (Wildman–Crippen LogP) is 1.39. The van der Waals surface area contributed by atoms with Gasteiger partial charge in [-0.25, -0.2) is 0 Å². The Kier molecular flexibility index (Phi) is 7.75. The molecule has 1 rings (SSSR count). The Morgan fingerprint density at radius 1 is 1.44 bits per heavy atom. The number of aliphatic imine (C=N–C) groups is 1. The number of nitrogens with two attached hydrogens (primary N) is 1. The fraction of sp³-hybridized carbons (Fsp3) is 0.900. The van der Waals surface area contributed by atoms with E-state index in [2.05, 4.69) is 30.0 Å². The number of halogens is 1. The summed E-state index contributed by atoms with van der Waals surface area (Å²) < 4.78 is 5.42. The first-order valence-corrected chi connectivity index (χ1v) is 6.45. The van der Waals surface area contributed by atoms with Crippen LogP contribution in [0.1, 0.15) is 13.8 Å². The van der Waals surface area contributed by atoms with Crippen molar-refractivity contribution in [3.63, 3.8) is 0 Å². The number of guanidine groups is 1. The van der Waals surface area contributed by atoms with Crippen LogP contribution in [-0.2, 0) is 4.74 Å². The molecule has 0 spiro atoms. The van der Waals surface area contributed by atoms with Gasteiger partial charge >= 0.3 is 0 Å². The summed E-state index contributed by atoms with van der Waals surface area (Å²) in [6.45, 7) is 8.33. The predicted molar refractivity (Wildman–Crippen MR) is 81.9 cm³/mol. The molecule has 0 atom stereocenters. The number of rotatable bonds is 3. The second-order valence-electron chi connectivity index (χ2n) is 4.24. The highest BCUT2D eigenvalue weighted by atomic mass is 127. The Hall–Kier alpha value is 0.310. The molecular formula is C10H22IN3OS. The summed E-state index contributed by atoms with van der Waals surface area (Å²) in [5.41, 5.74) is 5.92. The van der Waals surface area contributed by atoms with Gasteiger partial charge in [-0.3, -0.25) is 4.99 Å². The molecule has 0 aliphatic carbocycles. The summed E-state index contributed by atoms with van der Waals surface area (Å²) in [6, 6.07) is 0. The monoisotopic (exact) mass is 359 g/mol. The Labute approximate surface area is 119 Å². The van der Waals surface area contributed by atoms with Crippen molar-refractivity contribution in [2.45, 2.75) is 18.6 Å². The highest BCUT2D eigenvalue weighted by Gasteiger charge is 2.17. The molecule has 0 amide bonds. The van der Waals surface area contributed by atoms with E-state index in [9.17, 15) is 0 Å². The van der Waals surface area contributed by atoms with E-state index in [0.717, 1.165) is 32.8 Å². The lowest BCUT2D eigenvalue weighted by molar-refractivity contribution is 0.0674. The van der Waals surface area contributed by atoms with Gasteiger partial charge in [0.05, 0.1) is 19.8 Å². The van der Waals surface area contributed by atoms with Crippen molar-refractivity contribution in [2.24, 2.45) is 10.7 Å². The highest BCUT2D eigenvalue weighted by molar-refractivity contribution is 14.0. The molecule has 0 radical (unpaired) electrons. The van der Waals surface area contributed by atoms with E-state index >= 15 is 0 Å². The van der Waals surface area contributed by atoms with E-state index < -0.39 is 0 Å². The summed E-state index contributed by atoms with van der Waals surface area (Å²) in [5, 5.41) is 0. The molecule has 1 aliphatic rings.